The average molecular weight is 301 g/mol. The first-order chi connectivity index (χ1) is 9.02. The number of carbonyl (C=O) groups is 2. The number of urea groups is 1. The molecule has 0 aliphatic carbocycles. The summed E-state index contributed by atoms with van der Waals surface area (Å²) >= 11 is 0. The monoisotopic (exact) mass is 300 g/mol. The Bertz CT molecular complexity index is 437. The Morgan fingerprint density at radius 3 is 2.35 bits per heavy atom. The van der Waals surface area contributed by atoms with Gasteiger partial charge in [-0.1, -0.05) is 19.1 Å². The Morgan fingerprint density at radius 1 is 1.25 bits per heavy atom. The van der Waals surface area contributed by atoms with Crippen molar-refractivity contribution in [2.45, 2.75) is 13.5 Å². The van der Waals surface area contributed by atoms with Gasteiger partial charge in [-0.2, -0.15) is 0 Å². The minimum absolute atomic E-state index is 0. The van der Waals surface area contributed by atoms with Gasteiger partial charge in [0.15, 0.2) is 0 Å². The molecule has 1 atom stereocenters. The fourth-order valence-corrected chi connectivity index (χ4v) is 1.56. The van der Waals surface area contributed by atoms with Crippen LogP contribution in [0.3, 0.4) is 0 Å². The summed E-state index contributed by atoms with van der Waals surface area (Å²) in [6, 6.07) is 6.69. The lowest BCUT2D eigenvalue weighted by molar-refractivity contribution is -0.119. The number of nitrogens with one attached hydrogen (secondary N) is 3. The number of anilines is 1. The third kappa shape index (κ3) is 6.40. The summed E-state index contributed by atoms with van der Waals surface area (Å²) in [6.07, 6.45) is 0. The van der Waals surface area contributed by atoms with Gasteiger partial charge in [0.25, 0.3) is 0 Å². The van der Waals surface area contributed by atoms with Gasteiger partial charge in [-0.25, -0.2) is 4.79 Å². The predicted molar refractivity (Wildman–Crippen MR) is 81.8 cm³/mol. The lowest BCUT2D eigenvalue weighted by Crippen LogP contribution is -2.29. The van der Waals surface area contributed by atoms with Gasteiger partial charge in [0, 0.05) is 24.7 Å². The Labute approximate surface area is 124 Å². The first-order valence-electron chi connectivity index (χ1n) is 6.10. The molecule has 1 unspecified atom stereocenters. The first-order valence-corrected chi connectivity index (χ1v) is 6.10. The topological polar surface area (TPSA) is 96.2 Å². The summed E-state index contributed by atoms with van der Waals surface area (Å²) < 4.78 is 0. The highest BCUT2D eigenvalue weighted by Crippen LogP contribution is 2.10. The molecule has 7 heteroatoms. The summed E-state index contributed by atoms with van der Waals surface area (Å²) in [5, 5.41) is 8.29. The van der Waals surface area contributed by atoms with E-state index in [1.807, 2.05) is 26.1 Å². The van der Waals surface area contributed by atoms with E-state index in [4.69, 9.17) is 5.73 Å². The molecule has 0 fully saturated rings. The fourth-order valence-electron chi connectivity index (χ4n) is 1.56. The van der Waals surface area contributed by atoms with Crippen LogP contribution in [0.2, 0.25) is 0 Å². The maximum atomic E-state index is 11.8. The van der Waals surface area contributed by atoms with Crippen molar-refractivity contribution in [3.8, 4) is 0 Å². The highest BCUT2D eigenvalue weighted by Gasteiger charge is 2.11. The highest BCUT2D eigenvalue weighted by molar-refractivity contribution is 5.92. The van der Waals surface area contributed by atoms with Crippen LogP contribution in [-0.2, 0) is 11.3 Å². The van der Waals surface area contributed by atoms with Crippen LogP contribution in [-0.4, -0.2) is 25.5 Å². The zero-order valence-electron chi connectivity index (χ0n) is 11.6. The summed E-state index contributed by atoms with van der Waals surface area (Å²) in [5.74, 6) is -0.126. The Kier molecular flexibility index (Phi) is 8.35. The van der Waals surface area contributed by atoms with Crippen molar-refractivity contribution < 1.29 is 9.59 Å². The van der Waals surface area contributed by atoms with E-state index in [1.54, 1.807) is 12.1 Å². The smallest absolute Gasteiger partial charge is 0.312 e. The summed E-state index contributed by atoms with van der Waals surface area (Å²) in [6.45, 7) is 2.86. The molecule has 3 amide bonds. The molecule has 0 heterocycles. The van der Waals surface area contributed by atoms with E-state index in [0.29, 0.717) is 13.1 Å². The lowest BCUT2D eigenvalue weighted by Gasteiger charge is -2.12. The zero-order valence-corrected chi connectivity index (χ0v) is 12.4. The van der Waals surface area contributed by atoms with E-state index in [1.165, 1.54) is 0 Å². The van der Waals surface area contributed by atoms with Crippen molar-refractivity contribution in [3.63, 3.8) is 0 Å². The summed E-state index contributed by atoms with van der Waals surface area (Å²) in [7, 11) is 1.81. The molecule has 0 aliphatic heterocycles. The predicted octanol–water partition coefficient (Wildman–Crippen LogP) is 1.07. The van der Waals surface area contributed by atoms with E-state index in [2.05, 4.69) is 16.0 Å². The van der Waals surface area contributed by atoms with E-state index in [9.17, 15) is 9.59 Å². The number of hydrogen-bond donors (Lipinski definition) is 4. The number of halogens is 1. The van der Waals surface area contributed by atoms with Crippen molar-refractivity contribution in [2.24, 2.45) is 11.7 Å². The normalized spacial score (nSPS) is 11.1. The van der Waals surface area contributed by atoms with E-state index in [-0.39, 0.29) is 24.2 Å². The van der Waals surface area contributed by atoms with Gasteiger partial charge in [-0.05, 0) is 24.7 Å². The van der Waals surface area contributed by atoms with Gasteiger partial charge in [0.05, 0.1) is 0 Å². The van der Waals surface area contributed by atoms with Crippen molar-refractivity contribution in [2.75, 3.05) is 18.9 Å². The van der Waals surface area contributed by atoms with Gasteiger partial charge in [-0.15, -0.1) is 12.4 Å². The van der Waals surface area contributed by atoms with Crippen LogP contribution in [0, 0.1) is 5.92 Å². The van der Waals surface area contributed by atoms with Crippen LogP contribution in [0.25, 0.3) is 0 Å². The minimum atomic E-state index is -0.557. The van der Waals surface area contributed by atoms with Gasteiger partial charge >= 0.3 is 6.03 Å². The zero-order chi connectivity index (χ0) is 14.3. The lowest BCUT2D eigenvalue weighted by atomic mass is 10.1. The number of nitrogens with two attached hydrogens (primary N) is 1. The van der Waals surface area contributed by atoms with Crippen molar-refractivity contribution in [3.05, 3.63) is 29.8 Å². The molecule has 0 aromatic heterocycles. The molecule has 1 rings (SSSR count). The molecule has 1 aromatic rings. The molecule has 5 N–H and O–H groups in total. The third-order valence-corrected chi connectivity index (χ3v) is 2.65. The number of rotatable bonds is 6. The van der Waals surface area contributed by atoms with Gasteiger partial charge < -0.3 is 21.7 Å². The van der Waals surface area contributed by atoms with Crippen LogP contribution < -0.4 is 21.7 Å². The Hall–Kier alpha value is -1.79. The molecule has 0 radical (unpaired) electrons. The molecular formula is C13H21ClN4O2. The molecule has 0 saturated carbocycles. The fraction of sp³-hybridized carbons (Fsp3) is 0.385. The second-order valence-corrected chi connectivity index (χ2v) is 4.36. The molecule has 0 bridgehead atoms. The average Bonchev–Trinajstić information content (AvgIpc) is 2.38. The SMILES string of the molecule is CNCC(C)C(=O)Nc1ccc(CNC(N)=O)cc1.Cl. The molecule has 0 spiro atoms. The molecular weight excluding hydrogens is 280 g/mol. The number of primary amides is 1. The highest BCUT2D eigenvalue weighted by atomic mass is 35.5. The Balaban J connectivity index is 0.00000361. The van der Waals surface area contributed by atoms with Crippen LogP contribution in [0.4, 0.5) is 10.5 Å². The molecule has 20 heavy (non-hydrogen) atoms. The quantitative estimate of drug-likeness (QED) is 0.633. The number of benzene rings is 1. The second kappa shape index (κ2) is 9.17. The molecule has 6 nitrogen and oxygen atoms in total. The summed E-state index contributed by atoms with van der Waals surface area (Å²) in [5.41, 5.74) is 6.63. The maximum Gasteiger partial charge on any atom is 0.312 e. The summed E-state index contributed by atoms with van der Waals surface area (Å²) in [4.78, 5) is 22.3. The molecule has 0 aliphatic rings. The first kappa shape index (κ1) is 18.2. The van der Waals surface area contributed by atoms with Crippen molar-refractivity contribution >= 4 is 30.0 Å². The van der Waals surface area contributed by atoms with Crippen LogP contribution in [0.15, 0.2) is 24.3 Å². The number of amides is 3. The number of carbonyl (C=O) groups excluding carboxylic acids is 2. The van der Waals surface area contributed by atoms with Gasteiger partial charge in [0.2, 0.25) is 5.91 Å². The van der Waals surface area contributed by atoms with Crippen molar-refractivity contribution in [1.29, 1.82) is 0 Å². The minimum Gasteiger partial charge on any atom is -0.352 e. The standard InChI is InChI=1S/C13H20N4O2.ClH/c1-9(7-15-2)12(18)17-11-5-3-10(4-6-11)8-16-13(14)19;/h3-6,9,15H,7-8H2,1-2H3,(H,17,18)(H3,14,16,19);1H. The van der Waals surface area contributed by atoms with Crippen LogP contribution in [0.1, 0.15) is 12.5 Å². The van der Waals surface area contributed by atoms with Crippen LogP contribution >= 0.6 is 12.4 Å². The third-order valence-electron chi connectivity index (χ3n) is 2.65. The maximum absolute atomic E-state index is 11.8. The van der Waals surface area contributed by atoms with E-state index in [0.717, 1.165) is 11.3 Å². The van der Waals surface area contributed by atoms with E-state index >= 15 is 0 Å². The van der Waals surface area contributed by atoms with Crippen molar-refractivity contribution in [1.82, 2.24) is 10.6 Å². The van der Waals surface area contributed by atoms with E-state index < -0.39 is 6.03 Å². The van der Waals surface area contributed by atoms with Gasteiger partial charge in [-0.3, -0.25) is 4.79 Å². The largest absolute Gasteiger partial charge is 0.352 e. The molecule has 112 valence electrons. The molecule has 0 saturated heterocycles. The van der Waals surface area contributed by atoms with Gasteiger partial charge in [0.1, 0.15) is 0 Å². The second-order valence-electron chi connectivity index (χ2n) is 4.36. The Morgan fingerprint density at radius 2 is 1.85 bits per heavy atom. The number of hydrogen-bond acceptors (Lipinski definition) is 3. The molecule has 1 aromatic carbocycles. The van der Waals surface area contributed by atoms with Crippen LogP contribution in [0.5, 0.6) is 0 Å².